The highest BCUT2D eigenvalue weighted by Gasteiger charge is 2.44. The molecule has 0 saturated heterocycles. The second-order valence-corrected chi connectivity index (χ2v) is 7.49. The maximum Gasteiger partial charge on any atom is 0.471 e. The summed E-state index contributed by atoms with van der Waals surface area (Å²) < 4.78 is 37.3. The van der Waals surface area contributed by atoms with E-state index in [9.17, 15) is 37.1 Å². The molecule has 11 heteroatoms. The lowest BCUT2D eigenvalue weighted by Crippen LogP contribution is -2.54. The standard InChI is InChI=1S/C23H20F3N3O5/c1-14(30)28(12-11-27-22(34)23(24,25)26)21(33)18(13-15-7-3-2-4-8-15)29-19(31)16-9-5-6-10-17(16)20(29)32/h2-10,18H,11-13H2,1H3,(H,27,34). The Kier molecular flexibility index (Phi) is 7.14. The molecular formula is C23H20F3N3O5. The summed E-state index contributed by atoms with van der Waals surface area (Å²) >= 11 is 0. The molecule has 0 radical (unpaired) electrons. The Labute approximate surface area is 192 Å². The number of fused-ring (bicyclic) bond motifs is 1. The summed E-state index contributed by atoms with van der Waals surface area (Å²) in [5, 5.41) is 1.60. The highest BCUT2D eigenvalue weighted by Crippen LogP contribution is 2.27. The molecule has 178 valence electrons. The number of imide groups is 2. The zero-order valence-electron chi connectivity index (χ0n) is 18.0. The second-order valence-electron chi connectivity index (χ2n) is 7.49. The van der Waals surface area contributed by atoms with E-state index in [4.69, 9.17) is 0 Å². The van der Waals surface area contributed by atoms with Gasteiger partial charge in [0.15, 0.2) is 0 Å². The first-order valence-corrected chi connectivity index (χ1v) is 10.2. The molecule has 1 aliphatic rings. The van der Waals surface area contributed by atoms with E-state index in [0.29, 0.717) is 10.5 Å². The van der Waals surface area contributed by atoms with E-state index in [-0.39, 0.29) is 17.5 Å². The van der Waals surface area contributed by atoms with Crippen LogP contribution in [0.15, 0.2) is 54.6 Å². The van der Waals surface area contributed by atoms with Crippen LogP contribution >= 0.6 is 0 Å². The Morgan fingerprint density at radius 3 is 1.97 bits per heavy atom. The summed E-state index contributed by atoms with van der Waals surface area (Å²) in [5.41, 5.74) is 0.793. The lowest BCUT2D eigenvalue weighted by atomic mass is 10.0. The van der Waals surface area contributed by atoms with Crippen molar-refractivity contribution in [1.82, 2.24) is 15.1 Å². The third-order valence-corrected chi connectivity index (χ3v) is 5.22. The molecule has 1 unspecified atom stereocenters. The van der Waals surface area contributed by atoms with Crippen molar-refractivity contribution in [3.8, 4) is 0 Å². The van der Waals surface area contributed by atoms with Crippen molar-refractivity contribution in [3.05, 3.63) is 71.3 Å². The van der Waals surface area contributed by atoms with Gasteiger partial charge in [0.05, 0.1) is 11.1 Å². The maximum atomic E-state index is 13.4. The molecule has 1 atom stereocenters. The third-order valence-electron chi connectivity index (χ3n) is 5.22. The van der Waals surface area contributed by atoms with Gasteiger partial charge in [-0.1, -0.05) is 42.5 Å². The number of halogens is 3. The summed E-state index contributed by atoms with van der Waals surface area (Å²) in [6, 6.07) is 13.0. The number of rotatable bonds is 7. The van der Waals surface area contributed by atoms with Crippen LogP contribution in [0.1, 0.15) is 33.2 Å². The first kappa shape index (κ1) is 24.6. The van der Waals surface area contributed by atoms with Gasteiger partial charge < -0.3 is 5.32 Å². The molecule has 1 N–H and O–H groups in total. The van der Waals surface area contributed by atoms with E-state index in [2.05, 4.69) is 0 Å². The second kappa shape index (κ2) is 9.86. The summed E-state index contributed by atoms with van der Waals surface area (Å²) in [6.45, 7) is -0.223. The van der Waals surface area contributed by atoms with Gasteiger partial charge in [-0.3, -0.25) is 33.8 Å². The van der Waals surface area contributed by atoms with Gasteiger partial charge >= 0.3 is 12.1 Å². The molecule has 1 aliphatic heterocycles. The van der Waals surface area contributed by atoms with Crippen LogP contribution in [0.3, 0.4) is 0 Å². The van der Waals surface area contributed by atoms with Gasteiger partial charge in [0.25, 0.3) is 17.7 Å². The van der Waals surface area contributed by atoms with Crippen LogP contribution in [-0.4, -0.2) is 64.6 Å². The average Bonchev–Trinajstić information content (AvgIpc) is 3.04. The summed E-state index contributed by atoms with van der Waals surface area (Å²) in [7, 11) is 0. The molecular weight excluding hydrogens is 455 g/mol. The van der Waals surface area contributed by atoms with Crippen molar-refractivity contribution in [2.24, 2.45) is 0 Å². The normalized spacial score (nSPS) is 13.9. The molecule has 1 heterocycles. The van der Waals surface area contributed by atoms with E-state index >= 15 is 0 Å². The molecule has 2 aromatic carbocycles. The minimum Gasteiger partial charge on any atom is -0.346 e. The number of benzene rings is 2. The van der Waals surface area contributed by atoms with Crippen molar-refractivity contribution in [2.75, 3.05) is 13.1 Å². The van der Waals surface area contributed by atoms with Crippen molar-refractivity contribution < 1.29 is 37.1 Å². The number of carbonyl (C=O) groups is 5. The van der Waals surface area contributed by atoms with Gasteiger partial charge in [-0.05, 0) is 17.7 Å². The van der Waals surface area contributed by atoms with Gasteiger partial charge in [0.1, 0.15) is 6.04 Å². The van der Waals surface area contributed by atoms with E-state index in [1.807, 2.05) is 0 Å². The lowest BCUT2D eigenvalue weighted by Gasteiger charge is -2.30. The zero-order valence-corrected chi connectivity index (χ0v) is 18.0. The molecule has 0 aliphatic carbocycles. The summed E-state index contributed by atoms with van der Waals surface area (Å²) in [6.07, 6.45) is -5.25. The molecule has 0 spiro atoms. The first-order valence-electron chi connectivity index (χ1n) is 10.2. The molecule has 8 nitrogen and oxygen atoms in total. The van der Waals surface area contributed by atoms with Gasteiger partial charge in [-0.15, -0.1) is 0 Å². The first-order chi connectivity index (χ1) is 16.0. The number of carbonyl (C=O) groups excluding carboxylic acids is 5. The van der Waals surface area contributed by atoms with Crippen LogP contribution in [0, 0.1) is 0 Å². The predicted octanol–water partition coefficient (Wildman–Crippen LogP) is 1.95. The van der Waals surface area contributed by atoms with Crippen molar-refractivity contribution in [1.29, 1.82) is 0 Å². The van der Waals surface area contributed by atoms with Crippen LogP contribution in [0.5, 0.6) is 0 Å². The van der Waals surface area contributed by atoms with Crippen LogP contribution in [0.4, 0.5) is 13.2 Å². The number of hydrogen-bond donors (Lipinski definition) is 1. The van der Waals surface area contributed by atoms with Crippen LogP contribution in [0.25, 0.3) is 0 Å². The molecule has 0 saturated carbocycles. The smallest absolute Gasteiger partial charge is 0.346 e. The zero-order chi connectivity index (χ0) is 25.0. The van der Waals surface area contributed by atoms with Crippen LogP contribution < -0.4 is 5.32 Å². The minimum atomic E-state index is -5.12. The Morgan fingerprint density at radius 1 is 0.941 bits per heavy atom. The predicted molar refractivity (Wildman–Crippen MR) is 112 cm³/mol. The van der Waals surface area contributed by atoms with Gasteiger partial charge in [0.2, 0.25) is 5.91 Å². The molecule has 3 rings (SSSR count). The van der Waals surface area contributed by atoms with E-state index < -0.39 is 54.8 Å². The monoisotopic (exact) mass is 475 g/mol. The fraction of sp³-hybridized carbons (Fsp3) is 0.261. The largest absolute Gasteiger partial charge is 0.471 e. The number of nitrogens with zero attached hydrogens (tertiary/aromatic N) is 2. The molecule has 0 fully saturated rings. The van der Waals surface area contributed by atoms with Gasteiger partial charge in [-0.2, -0.15) is 13.2 Å². The van der Waals surface area contributed by atoms with E-state index in [0.717, 1.165) is 11.8 Å². The summed E-state index contributed by atoms with van der Waals surface area (Å²) in [4.78, 5) is 64.1. The topological polar surface area (TPSA) is 104 Å². The summed E-state index contributed by atoms with van der Waals surface area (Å²) in [5.74, 6) is -5.43. The van der Waals surface area contributed by atoms with E-state index in [1.165, 1.54) is 12.1 Å². The molecule has 2 aromatic rings. The number of nitrogens with one attached hydrogen (secondary N) is 1. The van der Waals surface area contributed by atoms with Crippen molar-refractivity contribution in [3.63, 3.8) is 0 Å². The molecule has 0 aromatic heterocycles. The van der Waals surface area contributed by atoms with E-state index in [1.54, 1.807) is 47.8 Å². The minimum absolute atomic E-state index is 0.102. The number of alkyl halides is 3. The average molecular weight is 475 g/mol. The highest BCUT2D eigenvalue weighted by molar-refractivity contribution is 6.23. The number of hydrogen-bond acceptors (Lipinski definition) is 5. The van der Waals surface area contributed by atoms with Crippen molar-refractivity contribution in [2.45, 2.75) is 25.6 Å². The lowest BCUT2D eigenvalue weighted by molar-refractivity contribution is -0.173. The van der Waals surface area contributed by atoms with Gasteiger partial charge in [-0.25, -0.2) is 0 Å². The SMILES string of the molecule is CC(=O)N(CCNC(=O)C(F)(F)F)C(=O)C(Cc1ccccc1)N1C(=O)c2ccccc2C1=O. The molecule has 34 heavy (non-hydrogen) atoms. The Bertz CT molecular complexity index is 1100. The van der Waals surface area contributed by atoms with Gasteiger partial charge in [0, 0.05) is 26.4 Å². The third kappa shape index (κ3) is 5.13. The highest BCUT2D eigenvalue weighted by atomic mass is 19.4. The fourth-order valence-corrected chi connectivity index (χ4v) is 3.60. The Balaban J connectivity index is 1.90. The fourth-order valence-electron chi connectivity index (χ4n) is 3.60. The van der Waals surface area contributed by atoms with Crippen molar-refractivity contribution >= 4 is 29.5 Å². The molecule has 5 amide bonds. The maximum absolute atomic E-state index is 13.4. The quantitative estimate of drug-likeness (QED) is 0.617. The Morgan fingerprint density at radius 2 is 1.47 bits per heavy atom. The van der Waals surface area contributed by atoms with Crippen LogP contribution in [-0.2, 0) is 20.8 Å². The number of amides is 5. The Hall–Kier alpha value is -4.02. The molecule has 0 bridgehead atoms. The van der Waals surface area contributed by atoms with Crippen LogP contribution in [0.2, 0.25) is 0 Å².